The van der Waals surface area contributed by atoms with Crippen LogP contribution in [0.3, 0.4) is 0 Å². The van der Waals surface area contributed by atoms with Crippen LogP contribution < -0.4 is 4.74 Å². The summed E-state index contributed by atoms with van der Waals surface area (Å²) in [5.74, 6) is 1.65. The van der Waals surface area contributed by atoms with E-state index < -0.39 is 0 Å². The van der Waals surface area contributed by atoms with Gasteiger partial charge in [0.1, 0.15) is 5.75 Å². The molecule has 0 radical (unpaired) electrons. The van der Waals surface area contributed by atoms with Crippen molar-refractivity contribution < 1.29 is 4.74 Å². The zero-order valence-corrected chi connectivity index (χ0v) is 12.5. The van der Waals surface area contributed by atoms with Crippen molar-refractivity contribution in [2.45, 2.75) is 44.4 Å². The van der Waals surface area contributed by atoms with Crippen LogP contribution in [0.4, 0.5) is 0 Å². The van der Waals surface area contributed by atoms with Crippen molar-refractivity contribution >= 4 is 15.9 Å². The van der Waals surface area contributed by atoms with Gasteiger partial charge < -0.3 is 4.74 Å². The lowest BCUT2D eigenvalue weighted by Gasteiger charge is -2.28. The number of hydrogen-bond donors (Lipinski definition) is 0. The maximum absolute atomic E-state index is 5.75. The van der Waals surface area contributed by atoms with E-state index in [9.17, 15) is 0 Å². The summed E-state index contributed by atoms with van der Waals surface area (Å²) in [7, 11) is 0. The minimum Gasteiger partial charge on any atom is -0.493 e. The van der Waals surface area contributed by atoms with Gasteiger partial charge in [0.15, 0.2) is 0 Å². The lowest BCUT2D eigenvalue weighted by Crippen LogP contribution is -2.20. The molecule has 0 spiro atoms. The van der Waals surface area contributed by atoms with Gasteiger partial charge in [0.2, 0.25) is 0 Å². The number of halogens is 1. The third-order valence-electron chi connectivity index (χ3n) is 3.43. The summed E-state index contributed by atoms with van der Waals surface area (Å²) in [4.78, 5) is 0.579. The van der Waals surface area contributed by atoms with Crippen LogP contribution >= 0.6 is 15.9 Å². The Morgan fingerprint density at radius 1 is 1.41 bits per heavy atom. The van der Waals surface area contributed by atoms with Crippen molar-refractivity contribution in [1.29, 1.82) is 0 Å². The van der Waals surface area contributed by atoms with Gasteiger partial charge in [-0.3, -0.25) is 0 Å². The second-order valence-corrected chi connectivity index (χ2v) is 7.46. The zero-order chi connectivity index (χ0) is 12.5. The zero-order valence-electron chi connectivity index (χ0n) is 10.9. The fourth-order valence-electron chi connectivity index (χ4n) is 2.91. The van der Waals surface area contributed by atoms with E-state index >= 15 is 0 Å². The standard InChI is InChI=1S/C15H21BrO/c1-11(16)8-15(2,3)9-12-10-17-14-7-5-4-6-13(12)14/h4-7,11-12H,8-10H2,1-3H3. The Kier molecular flexibility index (Phi) is 3.82. The van der Waals surface area contributed by atoms with Gasteiger partial charge in [0, 0.05) is 16.3 Å². The molecule has 0 saturated carbocycles. The molecule has 2 atom stereocenters. The smallest absolute Gasteiger partial charge is 0.122 e. The first-order valence-electron chi connectivity index (χ1n) is 6.34. The van der Waals surface area contributed by atoms with Crippen molar-refractivity contribution in [3.05, 3.63) is 29.8 Å². The van der Waals surface area contributed by atoms with Crippen molar-refractivity contribution in [2.24, 2.45) is 5.41 Å². The molecular formula is C15H21BrO. The highest BCUT2D eigenvalue weighted by Crippen LogP contribution is 2.42. The Hall–Kier alpha value is -0.500. The van der Waals surface area contributed by atoms with Gasteiger partial charge in [-0.25, -0.2) is 0 Å². The fourth-order valence-corrected chi connectivity index (χ4v) is 3.79. The second kappa shape index (κ2) is 5.01. The lowest BCUT2D eigenvalue weighted by molar-refractivity contribution is 0.247. The summed E-state index contributed by atoms with van der Waals surface area (Å²) in [5.41, 5.74) is 1.75. The van der Waals surface area contributed by atoms with Crippen molar-refractivity contribution in [3.63, 3.8) is 0 Å². The molecule has 0 fully saturated rings. The molecule has 0 aliphatic carbocycles. The van der Waals surface area contributed by atoms with Gasteiger partial charge in [0.05, 0.1) is 6.61 Å². The number of benzene rings is 1. The van der Waals surface area contributed by atoms with E-state index in [0.717, 1.165) is 12.4 Å². The maximum Gasteiger partial charge on any atom is 0.122 e. The van der Waals surface area contributed by atoms with Gasteiger partial charge >= 0.3 is 0 Å². The Labute approximate surface area is 113 Å². The number of para-hydroxylation sites is 1. The minimum absolute atomic E-state index is 0.356. The van der Waals surface area contributed by atoms with Gasteiger partial charge in [-0.05, 0) is 24.3 Å². The summed E-state index contributed by atoms with van der Waals surface area (Å²) in [6.07, 6.45) is 2.39. The van der Waals surface area contributed by atoms with Gasteiger partial charge in [0.25, 0.3) is 0 Å². The Balaban J connectivity index is 2.06. The number of alkyl halides is 1. The van der Waals surface area contributed by atoms with Crippen molar-refractivity contribution in [2.75, 3.05) is 6.61 Å². The maximum atomic E-state index is 5.75. The molecule has 0 bridgehead atoms. The van der Waals surface area contributed by atoms with Crippen LogP contribution in [0.15, 0.2) is 24.3 Å². The molecule has 2 heteroatoms. The van der Waals surface area contributed by atoms with E-state index in [0.29, 0.717) is 16.2 Å². The quantitative estimate of drug-likeness (QED) is 0.729. The third kappa shape index (κ3) is 3.25. The topological polar surface area (TPSA) is 9.23 Å². The number of hydrogen-bond acceptors (Lipinski definition) is 1. The first-order chi connectivity index (χ1) is 7.98. The number of rotatable bonds is 4. The van der Waals surface area contributed by atoms with Crippen molar-refractivity contribution in [1.82, 2.24) is 0 Å². The van der Waals surface area contributed by atoms with Gasteiger partial charge in [-0.1, -0.05) is 54.9 Å². The molecule has 0 amide bonds. The molecular weight excluding hydrogens is 276 g/mol. The van der Waals surface area contributed by atoms with Crippen LogP contribution in [-0.4, -0.2) is 11.4 Å². The molecule has 2 rings (SSSR count). The second-order valence-electron chi connectivity index (χ2n) is 5.90. The Bertz CT molecular complexity index is 384. The van der Waals surface area contributed by atoms with Crippen LogP contribution in [0.1, 0.15) is 45.1 Å². The average molecular weight is 297 g/mol. The molecule has 1 heterocycles. The summed E-state index contributed by atoms with van der Waals surface area (Å²) < 4.78 is 5.75. The highest BCUT2D eigenvalue weighted by molar-refractivity contribution is 9.09. The largest absolute Gasteiger partial charge is 0.493 e. The third-order valence-corrected chi connectivity index (χ3v) is 3.76. The summed E-state index contributed by atoms with van der Waals surface area (Å²) in [5, 5.41) is 0. The molecule has 1 aromatic rings. The Morgan fingerprint density at radius 3 is 2.82 bits per heavy atom. The minimum atomic E-state index is 0.356. The van der Waals surface area contributed by atoms with Crippen LogP contribution in [0, 0.1) is 5.41 Å². The van der Waals surface area contributed by atoms with Gasteiger partial charge in [-0.2, -0.15) is 0 Å². The lowest BCUT2D eigenvalue weighted by atomic mass is 9.78. The number of ether oxygens (including phenoxy) is 1. The van der Waals surface area contributed by atoms with E-state index in [1.165, 1.54) is 18.4 Å². The van der Waals surface area contributed by atoms with Crippen molar-refractivity contribution in [3.8, 4) is 5.75 Å². The summed E-state index contributed by atoms with van der Waals surface area (Å²) in [6.45, 7) is 7.78. The highest BCUT2D eigenvalue weighted by Gasteiger charge is 2.30. The molecule has 0 saturated heterocycles. The molecule has 2 unspecified atom stereocenters. The monoisotopic (exact) mass is 296 g/mol. The fraction of sp³-hybridized carbons (Fsp3) is 0.600. The van der Waals surface area contributed by atoms with E-state index in [2.05, 4.69) is 54.9 Å². The predicted molar refractivity (Wildman–Crippen MR) is 76.1 cm³/mol. The Morgan fingerprint density at radius 2 is 2.12 bits per heavy atom. The average Bonchev–Trinajstić information content (AvgIpc) is 2.59. The first kappa shape index (κ1) is 12.9. The predicted octanol–water partition coefficient (Wildman–Crippen LogP) is 4.75. The van der Waals surface area contributed by atoms with E-state index in [1.54, 1.807) is 0 Å². The molecule has 17 heavy (non-hydrogen) atoms. The van der Waals surface area contributed by atoms with E-state index in [4.69, 9.17) is 4.74 Å². The van der Waals surface area contributed by atoms with Crippen LogP contribution in [-0.2, 0) is 0 Å². The van der Waals surface area contributed by atoms with E-state index in [-0.39, 0.29) is 0 Å². The summed E-state index contributed by atoms with van der Waals surface area (Å²) in [6, 6.07) is 8.45. The normalized spacial score (nSPS) is 20.8. The molecule has 0 aromatic heterocycles. The van der Waals surface area contributed by atoms with E-state index in [1.807, 2.05) is 6.07 Å². The SMILES string of the molecule is CC(Br)CC(C)(C)CC1COc2ccccc21. The first-order valence-corrected chi connectivity index (χ1v) is 7.25. The van der Waals surface area contributed by atoms with Gasteiger partial charge in [-0.15, -0.1) is 0 Å². The molecule has 1 aliphatic heterocycles. The molecule has 1 aliphatic rings. The number of fused-ring (bicyclic) bond motifs is 1. The molecule has 0 N–H and O–H groups in total. The molecule has 1 aromatic carbocycles. The van der Waals surface area contributed by atoms with Crippen LogP contribution in [0.5, 0.6) is 5.75 Å². The van der Waals surface area contributed by atoms with Crippen LogP contribution in [0.2, 0.25) is 0 Å². The molecule has 1 nitrogen and oxygen atoms in total. The molecule has 94 valence electrons. The van der Waals surface area contributed by atoms with Crippen LogP contribution in [0.25, 0.3) is 0 Å². The summed E-state index contributed by atoms with van der Waals surface area (Å²) >= 11 is 3.66. The highest BCUT2D eigenvalue weighted by atomic mass is 79.9.